The van der Waals surface area contributed by atoms with Crippen LogP contribution >= 0.6 is 0 Å². The normalized spacial score (nSPS) is 9.54. The summed E-state index contributed by atoms with van der Waals surface area (Å²) in [5.41, 5.74) is 1.41. The minimum absolute atomic E-state index is 0.193. The van der Waals surface area contributed by atoms with E-state index in [1.165, 1.54) is 6.07 Å². The van der Waals surface area contributed by atoms with Crippen LogP contribution < -0.4 is 0 Å². The first-order chi connectivity index (χ1) is 6.29. The molecule has 1 N–H and O–H groups in total. The molecule has 70 valence electrons. The minimum Gasteiger partial charge on any atom is -0.277 e. The third-order valence-corrected chi connectivity index (χ3v) is 1.81. The quantitative estimate of drug-likeness (QED) is 0.663. The van der Waals surface area contributed by atoms with Crippen molar-refractivity contribution in [1.82, 2.24) is 10.2 Å². The molecule has 3 heteroatoms. The van der Waals surface area contributed by atoms with Crippen molar-refractivity contribution >= 4 is 10.9 Å². The van der Waals surface area contributed by atoms with Gasteiger partial charge in [-0.3, -0.25) is 5.10 Å². The van der Waals surface area contributed by atoms with Gasteiger partial charge in [-0.25, -0.2) is 4.39 Å². The Labute approximate surface area is 76.8 Å². The Morgan fingerprint density at radius 2 is 2.00 bits per heavy atom. The molecule has 0 unspecified atom stereocenters. The first kappa shape index (κ1) is 9.71. The van der Waals surface area contributed by atoms with Gasteiger partial charge < -0.3 is 0 Å². The van der Waals surface area contributed by atoms with Crippen molar-refractivity contribution in [3.63, 3.8) is 0 Å². The molecule has 0 saturated carbocycles. The zero-order valence-electron chi connectivity index (χ0n) is 8.06. The molecule has 1 heterocycles. The van der Waals surface area contributed by atoms with Gasteiger partial charge in [-0.05, 0) is 19.1 Å². The van der Waals surface area contributed by atoms with Crippen LogP contribution in [0, 0.1) is 12.7 Å². The lowest BCUT2D eigenvalue weighted by atomic mass is 10.1. The van der Waals surface area contributed by atoms with Crippen LogP contribution in [-0.2, 0) is 0 Å². The predicted molar refractivity (Wildman–Crippen MR) is 52.1 cm³/mol. The molecular weight excluding hydrogens is 167 g/mol. The number of hydrogen-bond donors (Lipinski definition) is 1. The van der Waals surface area contributed by atoms with Crippen molar-refractivity contribution in [2.45, 2.75) is 20.8 Å². The SMILES string of the molecule is CC.Cc1c(F)ccc2cn[nH]c12. The molecular formula is C10H13FN2. The summed E-state index contributed by atoms with van der Waals surface area (Å²) >= 11 is 0. The molecule has 0 aliphatic rings. The number of benzene rings is 1. The number of aromatic nitrogens is 2. The molecule has 0 radical (unpaired) electrons. The van der Waals surface area contributed by atoms with Gasteiger partial charge in [0.05, 0.1) is 11.7 Å². The number of nitrogens with one attached hydrogen (secondary N) is 1. The average molecular weight is 180 g/mol. The molecule has 0 amide bonds. The minimum atomic E-state index is -0.193. The molecule has 13 heavy (non-hydrogen) atoms. The molecule has 0 aliphatic heterocycles. The molecule has 0 fully saturated rings. The summed E-state index contributed by atoms with van der Waals surface area (Å²) in [6.07, 6.45) is 1.68. The molecule has 2 nitrogen and oxygen atoms in total. The Kier molecular flexibility index (Phi) is 3.01. The number of nitrogens with zero attached hydrogens (tertiary/aromatic N) is 1. The summed E-state index contributed by atoms with van der Waals surface area (Å²) < 4.78 is 12.9. The number of rotatable bonds is 0. The fourth-order valence-electron chi connectivity index (χ4n) is 1.13. The van der Waals surface area contributed by atoms with E-state index in [4.69, 9.17) is 0 Å². The van der Waals surface area contributed by atoms with Crippen molar-refractivity contribution in [3.8, 4) is 0 Å². The van der Waals surface area contributed by atoms with E-state index in [-0.39, 0.29) is 5.82 Å². The molecule has 2 aromatic rings. The molecule has 1 aromatic heterocycles. The second-order valence-electron chi connectivity index (χ2n) is 2.51. The molecule has 0 saturated heterocycles. The van der Waals surface area contributed by atoms with Crippen LogP contribution in [0.2, 0.25) is 0 Å². The lowest BCUT2D eigenvalue weighted by molar-refractivity contribution is 0.620. The van der Waals surface area contributed by atoms with Crippen molar-refractivity contribution in [1.29, 1.82) is 0 Å². The summed E-state index contributed by atoms with van der Waals surface area (Å²) in [6.45, 7) is 5.73. The van der Waals surface area contributed by atoms with Gasteiger partial charge in [0.2, 0.25) is 0 Å². The van der Waals surface area contributed by atoms with Gasteiger partial charge in [-0.2, -0.15) is 5.10 Å². The largest absolute Gasteiger partial charge is 0.277 e. The molecule has 2 rings (SSSR count). The topological polar surface area (TPSA) is 28.7 Å². The fraction of sp³-hybridized carbons (Fsp3) is 0.300. The Morgan fingerprint density at radius 1 is 1.31 bits per heavy atom. The van der Waals surface area contributed by atoms with Crippen LogP contribution in [0.1, 0.15) is 19.4 Å². The Balaban J connectivity index is 0.000000396. The predicted octanol–water partition coefficient (Wildman–Crippen LogP) is 3.04. The highest BCUT2D eigenvalue weighted by molar-refractivity contribution is 5.80. The third kappa shape index (κ3) is 1.69. The number of halogens is 1. The molecule has 0 spiro atoms. The highest BCUT2D eigenvalue weighted by Crippen LogP contribution is 2.17. The monoisotopic (exact) mass is 180 g/mol. The number of aromatic amines is 1. The summed E-state index contributed by atoms with van der Waals surface area (Å²) in [6, 6.07) is 3.16. The summed E-state index contributed by atoms with van der Waals surface area (Å²) in [7, 11) is 0. The highest BCUT2D eigenvalue weighted by Gasteiger charge is 2.02. The molecule has 0 atom stereocenters. The summed E-state index contributed by atoms with van der Waals surface area (Å²) in [4.78, 5) is 0. The smallest absolute Gasteiger partial charge is 0.128 e. The summed E-state index contributed by atoms with van der Waals surface area (Å²) in [5, 5.41) is 7.50. The second kappa shape index (κ2) is 4.03. The first-order valence-electron chi connectivity index (χ1n) is 4.37. The zero-order chi connectivity index (χ0) is 9.84. The van der Waals surface area contributed by atoms with Gasteiger partial charge in [-0.1, -0.05) is 13.8 Å². The van der Waals surface area contributed by atoms with E-state index in [0.717, 1.165) is 10.9 Å². The third-order valence-electron chi connectivity index (χ3n) is 1.81. The van der Waals surface area contributed by atoms with Crippen molar-refractivity contribution in [3.05, 3.63) is 29.7 Å². The van der Waals surface area contributed by atoms with E-state index in [9.17, 15) is 4.39 Å². The average Bonchev–Trinajstić information content (AvgIpc) is 2.63. The van der Waals surface area contributed by atoms with Gasteiger partial charge in [0.15, 0.2) is 0 Å². The molecule has 1 aromatic carbocycles. The lowest BCUT2D eigenvalue weighted by Crippen LogP contribution is -1.82. The molecule has 0 aliphatic carbocycles. The maximum absolute atomic E-state index is 12.9. The Hall–Kier alpha value is -1.38. The van der Waals surface area contributed by atoms with E-state index < -0.39 is 0 Å². The number of H-pyrrole nitrogens is 1. The van der Waals surface area contributed by atoms with E-state index >= 15 is 0 Å². The van der Waals surface area contributed by atoms with Crippen molar-refractivity contribution in [2.24, 2.45) is 0 Å². The van der Waals surface area contributed by atoms with Crippen molar-refractivity contribution in [2.75, 3.05) is 0 Å². The van der Waals surface area contributed by atoms with Gasteiger partial charge in [0.1, 0.15) is 5.82 Å². The van der Waals surface area contributed by atoms with Gasteiger partial charge in [-0.15, -0.1) is 0 Å². The van der Waals surface area contributed by atoms with Crippen LogP contribution in [-0.4, -0.2) is 10.2 Å². The number of hydrogen-bond acceptors (Lipinski definition) is 1. The van der Waals surface area contributed by atoms with Gasteiger partial charge in [0.25, 0.3) is 0 Å². The maximum Gasteiger partial charge on any atom is 0.128 e. The first-order valence-corrected chi connectivity index (χ1v) is 4.37. The highest BCUT2D eigenvalue weighted by atomic mass is 19.1. The van der Waals surface area contributed by atoms with E-state index in [0.29, 0.717) is 5.56 Å². The zero-order valence-corrected chi connectivity index (χ0v) is 8.06. The van der Waals surface area contributed by atoms with E-state index in [2.05, 4.69) is 10.2 Å². The summed E-state index contributed by atoms with van der Waals surface area (Å²) in [5.74, 6) is -0.193. The Bertz CT molecular complexity index is 393. The van der Waals surface area contributed by atoms with Crippen LogP contribution in [0.5, 0.6) is 0 Å². The number of fused-ring (bicyclic) bond motifs is 1. The van der Waals surface area contributed by atoms with Crippen LogP contribution in [0.4, 0.5) is 4.39 Å². The fourth-order valence-corrected chi connectivity index (χ4v) is 1.13. The molecule has 0 bridgehead atoms. The van der Waals surface area contributed by atoms with Crippen LogP contribution in [0.3, 0.4) is 0 Å². The number of aryl methyl sites for hydroxylation is 1. The Morgan fingerprint density at radius 3 is 2.69 bits per heavy atom. The van der Waals surface area contributed by atoms with Gasteiger partial charge >= 0.3 is 0 Å². The van der Waals surface area contributed by atoms with E-state index in [1.54, 1.807) is 19.2 Å². The maximum atomic E-state index is 12.9. The van der Waals surface area contributed by atoms with Crippen LogP contribution in [0.15, 0.2) is 18.3 Å². The van der Waals surface area contributed by atoms with E-state index in [1.807, 2.05) is 13.8 Å². The van der Waals surface area contributed by atoms with Crippen LogP contribution in [0.25, 0.3) is 10.9 Å². The standard InChI is InChI=1S/C8H7FN2.C2H6/c1-5-7(9)3-2-6-4-10-11-8(5)6;1-2/h2-4H,1H3,(H,10,11);1-2H3. The van der Waals surface area contributed by atoms with Gasteiger partial charge in [0, 0.05) is 10.9 Å². The lowest BCUT2D eigenvalue weighted by Gasteiger charge is -1.95. The second-order valence-corrected chi connectivity index (χ2v) is 2.51. The van der Waals surface area contributed by atoms with Crippen molar-refractivity contribution < 1.29 is 4.39 Å².